The molecule has 0 unspecified atom stereocenters. The molecule has 0 fully saturated rings. The average molecular weight is 362 g/mol. The molecule has 1 aromatic rings. The van der Waals surface area contributed by atoms with Crippen molar-refractivity contribution in [1.82, 2.24) is 10.6 Å². The van der Waals surface area contributed by atoms with Gasteiger partial charge in [-0.1, -0.05) is 24.3 Å². The van der Waals surface area contributed by atoms with Gasteiger partial charge < -0.3 is 15.4 Å². The first-order chi connectivity index (χ1) is 12.1. The van der Waals surface area contributed by atoms with Crippen molar-refractivity contribution in [2.75, 3.05) is 32.2 Å². The summed E-state index contributed by atoms with van der Waals surface area (Å²) in [5, 5.41) is 6.21. The number of carbonyl (C=O) groups is 2. The van der Waals surface area contributed by atoms with Crippen LogP contribution in [0.2, 0.25) is 0 Å². The van der Waals surface area contributed by atoms with Gasteiger partial charge in [-0.2, -0.15) is 11.8 Å². The van der Waals surface area contributed by atoms with E-state index in [1.165, 1.54) is 7.11 Å². The van der Waals surface area contributed by atoms with Crippen molar-refractivity contribution in [3.05, 3.63) is 41.0 Å². The standard InChI is InChI=1S/C19H26N2O3S/c1-13-6-4-5-7-14(13)16-12-20-10-8-15(16)18(22)21-17(9-11-25-3)19(23)24-2/h4-7,17,20H,8-12H2,1-3H3,(H,21,22)/t17-/m0/s1. The lowest BCUT2D eigenvalue weighted by Crippen LogP contribution is -2.44. The predicted octanol–water partition coefficient (Wildman–Crippen LogP) is 2.15. The molecule has 1 aromatic carbocycles. The van der Waals surface area contributed by atoms with Crippen LogP contribution >= 0.6 is 11.8 Å². The highest BCUT2D eigenvalue weighted by Gasteiger charge is 2.26. The Bertz CT molecular complexity index is 658. The van der Waals surface area contributed by atoms with Gasteiger partial charge in [0, 0.05) is 12.1 Å². The maximum absolute atomic E-state index is 12.9. The van der Waals surface area contributed by atoms with Gasteiger partial charge in [-0.3, -0.25) is 4.79 Å². The van der Waals surface area contributed by atoms with E-state index in [-0.39, 0.29) is 5.91 Å². The number of hydrogen-bond donors (Lipinski definition) is 2. The van der Waals surface area contributed by atoms with E-state index >= 15 is 0 Å². The number of esters is 1. The molecule has 136 valence electrons. The van der Waals surface area contributed by atoms with Crippen LogP contribution in [0.5, 0.6) is 0 Å². The van der Waals surface area contributed by atoms with Crippen LogP contribution in [-0.2, 0) is 14.3 Å². The maximum atomic E-state index is 12.9. The Labute approximate surface area is 153 Å². The number of hydrogen-bond acceptors (Lipinski definition) is 5. The lowest BCUT2D eigenvalue weighted by Gasteiger charge is -2.24. The van der Waals surface area contributed by atoms with Gasteiger partial charge >= 0.3 is 5.97 Å². The highest BCUT2D eigenvalue weighted by Crippen LogP contribution is 2.26. The van der Waals surface area contributed by atoms with E-state index in [9.17, 15) is 9.59 Å². The van der Waals surface area contributed by atoms with Gasteiger partial charge in [0.15, 0.2) is 0 Å². The van der Waals surface area contributed by atoms with Crippen molar-refractivity contribution in [2.45, 2.75) is 25.8 Å². The van der Waals surface area contributed by atoms with E-state index in [1.54, 1.807) is 11.8 Å². The van der Waals surface area contributed by atoms with Crippen molar-refractivity contribution in [1.29, 1.82) is 0 Å². The number of amides is 1. The van der Waals surface area contributed by atoms with Crippen molar-refractivity contribution in [2.24, 2.45) is 0 Å². The molecule has 1 amide bonds. The second-order valence-electron chi connectivity index (χ2n) is 6.03. The van der Waals surface area contributed by atoms with Gasteiger partial charge in [0.25, 0.3) is 0 Å². The molecule has 1 aliphatic rings. The summed E-state index contributed by atoms with van der Waals surface area (Å²) in [7, 11) is 1.35. The first kappa shape index (κ1) is 19.5. The fraction of sp³-hybridized carbons (Fsp3) is 0.474. The van der Waals surface area contributed by atoms with E-state index in [2.05, 4.69) is 10.6 Å². The molecule has 0 bridgehead atoms. The van der Waals surface area contributed by atoms with Crippen LogP contribution in [0.15, 0.2) is 29.8 Å². The average Bonchev–Trinajstić information content (AvgIpc) is 2.64. The third kappa shape index (κ3) is 5.09. The summed E-state index contributed by atoms with van der Waals surface area (Å²) in [5.41, 5.74) is 3.98. The minimum atomic E-state index is -0.606. The van der Waals surface area contributed by atoms with Crippen LogP contribution in [-0.4, -0.2) is 50.1 Å². The fourth-order valence-corrected chi connectivity index (χ4v) is 3.45. The predicted molar refractivity (Wildman–Crippen MR) is 103 cm³/mol. The van der Waals surface area contributed by atoms with Gasteiger partial charge in [0.2, 0.25) is 5.91 Å². The van der Waals surface area contributed by atoms with Crippen LogP contribution in [0.1, 0.15) is 24.0 Å². The first-order valence-electron chi connectivity index (χ1n) is 8.44. The lowest BCUT2D eigenvalue weighted by molar-refractivity contribution is -0.144. The van der Waals surface area contributed by atoms with Crippen LogP contribution in [0.25, 0.3) is 5.57 Å². The van der Waals surface area contributed by atoms with Crippen molar-refractivity contribution in [3.63, 3.8) is 0 Å². The highest BCUT2D eigenvalue weighted by molar-refractivity contribution is 7.98. The van der Waals surface area contributed by atoms with Gasteiger partial charge in [-0.15, -0.1) is 0 Å². The molecular formula is C19H26N2O3S. The zero-order chi connectivity index (χ0) is 18.2. The summed E-state index contributed by atoms with van der Waals surface area (Å²) in [6, 6.07) is 7.45. The van der Waals surface area contributed by atoms with Crippen LogP contribution < -0.4 is 10.6 Å². The quantitative estimate of drug-likeness (QED) is 0.728. The summed E-state index contributed by atoms with van der Waals surface area (Å²) in [6.45, 7) is 3.45. The minimum absolute atomic E-state index is 0.170. The largest absolute Gasteiger partial charge is 0.467 e. The lowest BCUT2D eigenvalue weighted by atomic mass is 9.91. The summed E-state index contributed by atoms with van der Waals surface area (Å²) >= 11 is 1.64. The summed E-state index contributed by atoms with van der Waals surface area (Å²) in [6.07, 6.45) is 3.18. The van der Waals surface area contributed by atoms with Crippen LogP contribution in [0, 0.1) is 6.92 Å². The molecule has 0 saturated heterocycles. The Morgan fingerprint density at radius 1 is 1.36 bits per heavy atom. The Balaban J connectivity index is 2.27. The van der Waals surface area contributed by atoms with Crippen molar-refractivity contribution >= 4 is 29.2 Å². The molecular weight excluding hydrogens is 336 g/mol. The molecule has 1 atom stereocenters. The van der Waals surface area contributed by atoms with E-state index in [4.69, 9.17) is 4.74 Å². The second-order valence-corrected chi connectivity index (χ2v) is 7.02. The Morgan fingerprint density at radius 3 is 2.80 bits per heavy atom. The zero-order valence-electron chi connectivity index (χ0n) is 15.1. The third-order valence-corrected chi connectivity index (χ3v) is 5.01. The summed E-state index contributed by atoms with van der Waals surface area (Å²) in [5.74, 6) is 0.219. The molecule has 6 heteroatoms. The first-order valence-corrected chi connectivity index (χ1v) is 9.84. The molecule has 0 saturated carbocycles. The Kier molecular flexibility index (Phi) is 7.52. The van der Waals surface area contributed by atoms with E-state index in [1.807, 2.05) is 37.4 Å². The number of carbonyl (C=O) groups excluding carboxylic acids is 2. The van der Waals surface area contributed by atoms with Crippen LogP contribution in [0.3, 0.4) is 0 Å². The topological polar surface area (TPSA) is 67.4 Å². The van der Waals surface area contributed by atoms with Gasteiger partial charge in [0.05, 0.1) is 7.11 Å². The molecule has 0 aromatic heterocycles. The smallest absolute Gasteiger partial charge is 0.328 e. The fourth-order valence-electron chi connectivity index (χ4n) is 2.98. The molecule has 1 aliphatic heterocycles. The minimum Gasteiger partial charge on any atom is -0.467 e. The number of aryl methyl sites for hydroxylation is 1. The molecule has 5 nitrogen and oxygen atoms in total. The zero-order valence-corrected chi connectivity index (χ0v) is 15.9. The number of ether oxygens (including phenoxy) is 1. The molecule has 0 aliphatic carbocycles. The maximum Gasteiger partial charge on any atom is 0.328 e. The number of nitrogens with one attached hydrogen (secondary N) is 2. The second kappa shape index (κ2) is 9.63. The number of methoxy groups -OCH3 is 1. The number of benzene rings is 1. The van der Waals surface area contributed by atoms with E-state index in [0.717, 1.165) is 34.6 Å². The van der Waals surface area contributed by atoms with E-state index in [0.29, 0.717) is 19.4 Å². The van der Waals surface area contributed by atoms with Gasteiger partial charge in [0.1, 0.15) is 6.04 Å². The highest BCUT2D eigenvalue weighted by atomic mass is 32.2. The van der Waals surface area contributed by atoms with Crippen molar-refractivity contribution < 1.29 is 14.3 Å². The van der Waals surface area contributed by atoms with Gasteiger partial charge in [-0.25, -0.2) is 4.79 Å². The van der Waals surface area contributed by atoms with E-state index < -0.39 is 12.0 Å². The Hall–Kier alpha value is -1.79. The van der Waals surface area contributed by atoms with Crippen LogP contribution in [0.4, 0.5) is 0 Å². The molecule has 0 radical (unpaired) electrons. The number of rotatable bonds is 7. The SMILES string of the molecule is COC(=O)[C@H](CCSC)NC(=O)C1=C(c2ccccc2C)CNCC1. The third-order valence-electron chi connectivity index (χ3n) is 4.36. The molecule has 2 rings (SSSR count). The monoisotopic (exact) mass is 362 g/mol. The normalized spacial score (nSPS) is 15.6. The Morgan fingerprint density at radius 2 is 2.12 bits per heavy atom. The molecule has 25 heavy (non-hydrogen) atoms. The van der Waals surface area contributed by atoms with Crippen molar-refractivity contribution in [3.8, 4) is 0 Å². The number of thioether (sulfide) groups is 1. The molecule has 0 spiro atoms. The molecule has 2 N–H and O–H groups in total. The molecule has 1 heterocycles. The summed E-state index contributed by atoms with van der Waals surface area (Å²) < 4.78 is 4.84. The summed E-state index contributed by atoms with van der Waals surface area (Å²) in [4.78, 5) is 24.8. The van der Waals surface area contributed by atoms with Gasteiger partial charge in [-0.05, 0) is 55.0 Å².